The fourth-order valence-corrected chi connectivity index (χ4v) is 13.6. The maximum absolute atomic E-state index is 2.40. The number of hydrogen-bond donors (Lipinski definition) is 0. The van der Waals surface area contributed by atoms with Crippen molar-refractivity contribution in [1.29, 1.82) is 0 Å². The van der Waals surface area contributed by atoms with Crippen molar-refractivity contribution >= 4 is 32.2 Å². The molecule has 0 rings (SSSR count). The van der Waals surface area contributed by atoms with Crippen molar-refractivity contribution in [2.45, 2.75) is 94.9 Å². The van der Waals surface area contributed by atoms with Gasteiger partial charge >= 0.3 is 131 Å². The van der Waals surface area contributed by atoms with Crippen LogP contribution in [0.4, 0.5) is 0 Å². The summed E-state index contributed by atoms with van der Waals surface area (Å²) in [6.07, 6.45) is 4.36. The topological polar surface area (TPSA) is 0 Å². The number of hydrogen-bond acceptors (Lipinski definition) is 0. The third-order valence-corrected chi connectivity index (χ3v) is 11.9. The van der Waals surface area contributed by atoms with E-state index in [0.29, 0.717) is 16.2 Å². The molecule has 0 saturated heterocycles. The van der Waals surface area contributed by atoms with E-state index in [1.54, 1.807) is 13.3 Å². The first kappa shape index (κ1) is 23.4. The predicted molar refractivity (Wildman–Crippen MR) is 99.6 cm³/mol. The molecule has 0 atom stereocenters. The van der Waals surface area contributed by atoms with Crippen molar-refractivity contribution in [3.63, 3.8) is 0 Å². The number of halogens is 1. The van der Waals surface area contributed by atoms with Crippen LogP contribution in [-0.2, 0) is 0 Å². The minimum atomic E-state index is -1.14. The zero-order valence-electron chi connectivity index (χ0n) is 15.7. The summed E-state index contributed by atoms with van der Waals surface area (Å²) >= 11 is -1.14. The van der Waals surface area contributed by atoms with E-state index >= 15 is 0 Å². The van der Waals surface area contributed by atoms with Crippen molar-refractivity contribution in [1.82, 2.24) is 0 Å². The van der Waals surface area contributed by atoms with Crippen LogP contribution in [0, 0.1) is 16.2 Å². The second kappa shape index (κ2) is 9.28. The first-order valence-corrected chi connectivity index (χ1v) is 14.2. The summed E-state index contributed by atoms with van der Waals surface area (Å²) in [5, 5.41) is 0. The smallest absolute Gasteiger partial charge is 0.147 e. The largest absolute Gasteiger partial charge is 0.147 e. The molecule has 0 N–H and O–H groups in total. The van der Waals surface area contributed by atoms with Crippen LogP contribution in [0.5, 0.6) is 0 Å². The molecule has 0 amide bonds. The summed E-state index contributed by atoms with van der Waals surface area (Å²) < 4.78 is 4.83. The third-order valence-electron chi connectivity index (χ3n) is 3.69. The molecule has 0 aromatic heterocycles. The Kier molecular flexibility index (Phi) is 10.8. The molecule has 0 aromatic carbocycles. The van der Waals surface area contributed by atoms with E-state index in [-0.39, 0.29) is 12.4 Å². The molecule has 0 nitrogen and oxygen atoms in total. The molecule has 2 heteroatoms. The Morgan fingerprint density at radius 3 is 0.850 bits per heavy atom. The molecule has 0 aliphatic rings. The SMILES string of the molecule is CC(C)(C)C[CH2][Sn]([CH2]CC(C)(C)C)[CH2]CC(C)(C)C.Cl. The molecule has 20 heavy (non-hydrogen) atoms. The fraction of sp³-hybridized carbons (Fsp3) is 1.00. The minimum absolute atomic E-state index is 0. The van der Waals surface area contributed by atoms with Gasteiger partial charge in [0.15, 0.2) is 0 Å². The monoisotopic (exact) mass is 411 g/mol. The predicted octanol–water partition coefficient (Wildman–Crippen LogP) is 7.21. The second-order valence-corrected chi connectivity index (χ2v) is 18.5. The van der Waals surface area contributed by atoms with Gasteiger partial charge in [0.2, 0.25) is 0 Å². The zero-order chi connectivity index (χ0) is 15.3. The molecule has 1 radical (unpaired) electrons. The summed E-state index contributed by atoms with van der Waals surface area (Å²) in [4.78, 5) is 0. The van der Waals surface area contributed by atoms with Crippen LogP contribution in [0.1, 0.15) is 81.6 Å². The van der Waals surface area contributed by atoms with Gasteiger partial charge in [0.25, 0.3) is 0 Å². The Balaban J connectivity index is 0. The summed E-state index contributed by atoms with van der Waals surface area (Å²) in [5.74, 6) is 0. The average Bonchev–Trinajstić information content (AvgIpc) is 2.11. The van der Waals surface area contributed by atoms with Crippen LogP contribution in [0.2, 0.25) is 13.3 Å². The van der Waals surface area contributed by atoms with Gasteiger partial charge in [-0.25, -0.2) is 0 Å². The van der Waals surface area contributed by atoms with Gasteiger partial charge in [0.1, 0.15) is 0 Å². The maximum Gasteiger partial charge on any atom is -0.147 e. The summed E-state index contributed by atoms with van der Waals surface area (Å²) in [5.41, 5.74) is 1.61. The molecule has 0 aliphatic heterocycles. The minimum Gasteiger partial charge on any atom is -0.147 e. The average molecular weight is 411 g/mol. The third kappa shape index (κ3) is 17.1. The van der Waals surface area contributed by atoms with E-state index in [1.165, 1.54) is 19.3 Å². The molecule has 0 unspecified atom stereocenters. The van der Waals surface area contributed by atoms with E-state index in [0.717, 1.165) is 0 Å². The molecule has 0 aromatic rings. The first-order chi connectivity index (χ1) is 8.29. The fourth-order valence-electron chi connectivity index (χ4n) is 2.03. The van der Waals surface area contributed by atoms with Crippen LogP contribution in [0.15, 0.2) is 0 Å². The van der Waals surface area contributed by atoms with Crippen LogP contribution in [0.3, 0.4) is 0 Å². The molecule has 0 fully saturated rings. The molecule has 0 bridgehead atoms. The van der Waals surface area contributed by atoms with Crippen molar-refractivity contribution in [2.24, 2.45) is 16.2 Å². The van der Waals surface area contributed by atoms with Gasteiger partial charge in [-0.15, -0.1) is 12.4 Å². The van der Waals surface area contributed by atoms with Gasteiger partial charge in [-0.2, -0.15) is 0 Å². The standard InChI is InChI=1S/3C6H13.ClH.Sn/c3*1-5-6(2,3)4;;/h3*1,5H2,2-4H3;1H;. The van der Waals surface area contributed by atoms with Crippen molar-refractivity contribution in [3.05, 3.63) is 0 Å². The van der Waals surface area contributed by atoms with Gasteiger partial charge in [0, 0.05) is 0 Å². The van der Waals surface area contributed by atoms with E-state index in [1.807, 2.05) is 0 Å². The van der Waals surface area contributed by atoms with E-state index < -0.39 is 19.8 Å². The quantitative estimate of drug-likeness (QED) is 0.406. The molecule has 0 spiro atoms. The summed E-state index contributed by atoms with van der Waals surface area (Å²) in [6.45, 7) is 21.6. The molecular formula is C18H40ClSn. The summed E-state index contributed by atoms with van der Waals surface area (Å²) in [7, 11) is 0. The normalized spacial score (nSPS) is 13.5. The Morgan fingerprint density at radius 2 is 0.700 bits per heavy atom. The molecule has 0 aliphatic carbocycles. The van der Waals surface area contributed by atoms with Gasteiger partial charge in [-0.3, -0.25) is 0 Å². The molecular weight excluding hydrogens is 370 g/mol. The Bertz CT molecular complexity index is 197. The summed E-state index contributed by atoms with van der Waals surface area (Å²) in [6, 6.07) is 0. The molecule has 0 saturated carbocycles. The van der Waals surface area contributed by atoms with Gasteiger partial charge in [-0.05, 0) is 0 Å². The van der Waals surface area contributed by atoms with Crippen LogP contribution < -0.4 is 0 Å². The molecule has 123 valence electrons. The Hall–Kier alpha value is 1.09. The Labute approximate surface area is 143 Å². The van der Waals surface area contributed by atoms with E-state index in [4.69, 9.17) is 0 Å². The Morgan fingerprint density at radius 1 is 0.500 bits per heavy atom. The van der Waals surface area contributed by atoms with E-state index in [9.17, 15) is 0 Å². The second-order valence-electron chi connectivity index (χ2n) is 9.93. The van der Waals surface area contributed by atoms with Gasteiger partial charge in [-0.1, -0.05) is 0 Å². The van der Waals surface area contributed by atoms with Crippen LogP contribution in [-0.4, -0.2) is 19.8 Å². The van der Waals surface area contributed by atoms with Crippen LogP contribution in [0.25, 0.3) is 0 Å². The van der Waals surface area contributed by atoms with E-state index in [2.05, 4.69) is 62.3 Å². The van der Waals surface area contributed by atoms with Crippen molar-refractivity contribution < 1.29 is 0 Å². The number of rotatable bonds is 6. The zero-order valence-corrected chi connectivity index (χ0v) is 19.3. The first-order valence-electron chi connectivity index (χ1n) is 8.12. The van der Waals surface area contributed by atoms with Crippen molar-refractivity contribution in [2.75, 3.05) is 0 Å². The van der Waals surface area contributed by atoms with Crippen LogP contribution >= 0.6 is 12.4 Å². The maximum atomic E-state index is 2.40. The van der Waals surface area contributed by atoms with Crippen molar-refractivity contribution in [3.8, 4) is 0 Å². The molecule has 0 heterocycles. The van der Waals surface area contributed by atoms with Gasteiger partial charge < -0.3 is 0 Å². The van der Waals surface area contributed by atoms with Gasteiger partial charge in [0.05, 0.1) is 0 Å².